The first-order valence-corrected chi connectivity index (χ1v) is 6.04. The summed E-state index contributed by atoms with van der Waals surface area (Å²) in [5, 5.41) is 10.6. The number of nitro benzene ring substituents is 1. The molecule has 0 bridgehead atoms. The number of non-ortho nitro benzene ring substituents is 1. The molecule has 5 heteroatoms. The summed E-state index contributed by atoms with van der Waals surface area (Å²) in [5.41, 5.74) is 2.53. The van der Waals surface area contributed by atoms with Crippen molar-refractivity contribution in [3.63, 3.8) is 0 Å². The highest BCUT2D eigenvalue weighted by molar-refractivity contribution is 6.00. The third kappa shape index (κ3) is 3.20. The molecule has 0 aliphatic carbocycles. The molecule has 0 fully saturated rings. The molecule has 102 valence electrons. The first-order chi connectivity index (χ1) is 9.60. The number of ether oxygens (including phenoxy) is 1. The van der Waals surface area contributed by atoms with E-state index in [9.17, 15) is 10.1 Å². The second-order valence-corrected chi connectivity index (χ2v) is 4.20. The van der Waals surface area contributed by atoms with Crippen LogP contribution in [0.5, 0.6) is 5.75 Å². The van der Waals surface area contributed by atoms with E-state index in [2.05, 4.69) is 4.99 Å². The molecule has 0 N–H and O–H groups in total. The molecule has 20 heavy (non-hydrogen) atoms. The van der Waals surface area contributed by atoms with Gasteiger partial charge in [0, 0.05) is 17.8 Å². The first kappa shape index (κ1) is 13.7. The van der Waals surface area contributed by atoms with Gasteiger partial charge in [-0.2, -0.15) is 0 Å². The Morgan fingerprint density at radius 2 is 1.70 bits per heavy atom. The van der Waals surface area contributed by atoms with Crippen LogP contribution in [0.2, 0.25) is 0 Å². The molecule has 0 saturated heterocycles. The van der Waals surface area contributed by atoms with Gasteiger partial charge in [0.2, 0.25) is 0 Å². The highest BCUT2D eigenvalue weighted by Crippen LogP contribution is 2.19. The van der Waals surface area contributed by atoms with Crippen molar-refractivity contribution in [3.8, 4) is 5.75 Å². The summed E-state index contributed by atoms with van der Waals surface area (Å²) in [6, 6.07) is 13.7. The van der Waals surface area contributed by atoms with Gasteiger partial charge >= 0.3 is 0 Å². The Hall–Kier alpha value is -2.69. The Morgan fingerprint density at radius 1 is 1.10 bits per heavy atom. The van der Waals surface area contributed by atoms with Crippen LogP contribution >= 0.6 is 0 Å². The molecule has 2 rings (SSSR count). The summed E-state index contributed by atoms with van der Waals surface area (Å²) in [4.78, 5) is 14.7. The highest BCUT2D eigenvalue weighted by atomic mass is 16.6. The van der Waals surface area contributed by atoms with Crippen LogP contribution in [0.3, 0.4) is 0 Å². The van der Waals surface area contributed by atoms with Gasteiger partial charge in [-0.1, -0.05) is 0 Å². The van der Waals surface area contributed by atoms with Crippen LogP contribution in [0.1, 0.15) is 12.5 Å². The van der Waals surface area contributed by atoms with Crippen molar-refractivity contribution in [1.82, 2.24) is 0 Å². The van der Waals surface area contributed by atoms with Gasteiger partial charge in [-0.05, 0) is 48.9 Å². The van der Waals surface area contributed by atoms with E-state index in [1.807, 2.05) is 31.2 Å². The van der Waals surface area contributed by atoms with Crippen molar-refractivity contribution < 1.29 is 9.66 Å². The lowest BCUT2D eigenvalue weighted by Crippen LogP contribution is -1.95. The standard InChI is InChI=1S/C15H14N2O3/c1-11(12-3-7-14(8-4-12)17(18)19)16-13-5-9-15(20-2)10-6-13/h3-10H,1-2H3. The van der Waals surface area contributed by atoms with Crippen LogP contribution in [0.15, 0.2) is 53.5 Å². The van der Waals surface area contributed by atoms with Crippen molar-refractivity contribution in [2.24, 2.45) is 4.99 Å². The summed E-state index contributed by atoms with van der Waals surface area (Å²) >= 11 is 0. The first-order valence-electron chi connectivity index (χ1n) is 6.04. The Kier molecular flexibility index (Phi) is 4.10. The molecule has 0 aliphatic rings. The maximum atomic E-state index is 10.6. The van der Waals surface area contributed by atoms with E-state index in [1.165, 1.54) is 12.1 Å². The highest BCUT2D eigenvalue weighted by Gasteiger charge is 2.05. The van der Waals surface area contributed by atoms with Gasteiger partial charge in [0.05, 0.1) is 17.7 Å². The van der Waals surface area contributed by atoms with E-state index in [4.69, 9.17) is 4.74 Å². The van der Waals surface area contributed by atoms with Gasteiger partial charge in [-0.3, -0.25) is 15.1 Å². The molecule has 0 amide bonds. The lowest BCUT2D eigenvalue weighted by molar-refractivity contribution is -0.384. The zero-order valence-corrected chi connectivity index (χ0v) is 11.2. The predicted molar refractivity (Wildman–Crippen MR) is 78.0 cm³/mol. The second-order valence-electron chi connectivity index (χ2n) is 4.20. The number of nitro groups is 1. The summed E-state index contributed by atoms with van der Waals surface area (Å²) < 4.78 is 5.08. The van der Waals surface area contributed by atoms with Crippen LogP contribution in [-0.4, -0.2) is 17.7 Å². The fraction of sp³-hybridized carbons (Fsp3) is 0.133. The molecule has 5 nitrogen and oxygen atoms in total. The monoisotopic (exact) mass is 270 g/mol. The van der Waals surface area contributed by atoms with Crippen molar-refractivity contribution in [1.29, 1.82) is 0 Å². The number of hydrogen-bond donors (Lipinski definition) is 0. The molecule has 2 aromatic carbocycles. The van der Waals surface area contributed by atoms with Gasteiger partial charge in [-0.25, -0.2) is 0 Å². The van der Waals surface area contributed by atoms with Crippen LogP contribution in [0.25, 0.3) is 0 Å². The van der Waals surface area contributed by atoms with Crippen LogP contribution in [-0.2, 0) is 0 Å². The predicted octanol–water partition coefficient (Wildman–Crippen LogP) is 3.74. The average Bonchev–Trinajstić information content (AvgIpc) is 2.48. The largest absolute Gasteiger partial charge is 0.497 e. The summed E-state index contributed by atoms with van der Waals surface area (Å²) in [6.07, 6.45) is 0. The molecular formula is C15H14N2O3. The summed E-state index contributed by atoms with van der Waals surface area (Å²) in [7, 11) is 1.61. The zero-order chi connectivity index (χ0) is 14.5. The van der Waals surface area contributed by atoms with Crippen LogP contribution < -0.4 is 4.74 Å². The minimum Gasteiger partial charge on any atom is -0.497 e. The fourth-order valence-electron chi connectivity index (χ4n) is 1.74. The van der Waals surface area contributed by atoms with E-state index >= 15 is 0 Å². The maximum absolute atomic E-state index is 10.6. The molecule has 0 aromatic heterocycles. The Bertz CT molecular complexity index is 631. The number of benzene rings is 2. The van der Waals surface area contributed by atoms with Gasteiger partial charge in [0.25, 0.3) is 5.69 Å². The minimum absolute atomic E-state index is 0.0750. The number of methoxy groups -OCH3 is 1. The number of hydrogen-bond acceptors (Lipinski definition) is 4. The van der Waals surface area contributed by atoms with E-state index in [1.54, 1.807) is 19.2 Å². The Morgan fingerprint density at radius 3 is 2.20 bits per heavy atom. The SMILES string of the molecule is COc1ccc(N=C(C)c2ccc([N+](=O)[O-])cc2)cc1. The quantitative estimate of drug-likeness (QED) is 0.483. The molecule has 0 heterocycles. The van der Waals surface area contributed by atoms with Crippen molar-refractivity contribution >= 4 is 17.1 Å². The normalized spacial score (nSPS) is 11.2. The van der Waals surface area contributed by atoms with Crippen molar-refractivity contribution in [2.75, 3.05) is 7.11 Å². The Balaban J connectivity index is 2.22. The van der Waals surface area contributed by atoms with Gasteiger partial charge in [-0.15, -0.1) is 0 Å². The third-order valence-corrected chi connectivity index (χ3v) is 2.87. The topological polar surface area (TPSA) is 64.7 Å². The summed E-state index contributed by atoms with van der Waals surface area (Å²) in [6.45, 7) is 1.87. The molecule has 0 saturated carbocycles. The van der Waals surface area contributed by atoms with E-state index in [-0.39, 0.29) is 5.69 Å². The minimum atomic E-state index is -0.417. The van der Waals surface area contributed by atoms with Gasteiger partial charge < -0.3 is 4.74 Å². The van der Waals surface area contributed by atoms with E-state index in [0.29, 0.717) is 0 Å². The third-order valence-electron chi connectivity index (χ3n) is 2.87. The van der Waals surface area contributed by atoms with E-state index < -0.39 is 4.92 Å². The zero-order valence-electron chi connectivity index (χ0n) is 11.2. The molecule has 0 radical (unpaired) electrons. The molecule has 0 unspecified atom stereocenters. The molecule has 0 atom stereocenters. The summed E-state index contributed by atoms with van der Waals surface area (Å²) in [5.74, 6) is 0.775. The number of nitrogens with zero attached hydrogens (tertiary/aromatic N) is 2. The average molecular weight is 270 g/mol. The number of aliphatic imine (C=N–C) groups is 1. The Labute approximate surface area is 116 Å². The molecule has 0 aliphatic heterocycles. The number of rotatable bonds is 4. The smallest absolute Gasteiger partial charge is 0.269 e. The van der Waals surface area contributed by atoms with Crippen molar-refractivity contribution in [2.45, 2.75) is 6.92 Å². The lowest BCUT2D eigenvalue weighted by Gasteiger charge is -2.02. The van der Waals surface area contributed by atoms with E-state index in [0.717, 1.165) is 22.7 Å². The van der Waals surface area contributed by atoms with Gasteiger partial charge in [0.15, 0.2) is 0 Å². The van der Waals surface area contributed by atoms with Crippen LogP contribution in [0, 0.1) is 10.1 Å². The molecular weight excluding hydrogens is 256 g/mol. The van der Waals surface area contributed by atoms with Gasteiger partial charge in [0.1, 0.15) is 5.75 Å². The lowest BCUT2D eigenvalue weighted by atomic mass is 10.1. The second kappa shape index (κ2) is 5.97. The fourth-order valence-corrected chi connectivity index (χ4v) is 1.74. The van der Waals surface area contributed by atoms with Crippen LogP contribution in [0.4, 0.5) is 11.4 Å². The van der Waals surface area contributed by atoms with Crippen molar-refractivity contribution in [3.05, 3.63) is 64.2 Å². The maximum Gasteiger partial charge on any atom is 0.269 e. The molecule has 2 aromatic rings. The molecule has 0 spiro atoms.